The Morgan fingerprint density at radius 1 is 1.10 bits per heavy atom. The van der Waals surface area contributed by atoms with Gasteiger partial charge in [0.15, 0.2) is 0 Å². The van der Waals surface area contributed by atoms with E-state index in [9.17, 15) is 4.79 Å². The number of aryl methyl sites for hydroxylation is 2. The van der Waals surface area contributed by atoms with Gasteiger partial charge in [-0.3, -0.25) is 9.69 Å². The van der Waals surface area contributed by atoms with E-state index in [1.807, 2.05) is 56.3 Å². The molecule has 1 atom stereocenters. The highest BCUT2D eigenvalue weighted by Crippen LogP contribution is 2.22. The van der Waals surface area contributed by atoms with Crippen LogP contribution in [-0.4, -0.2) is 49.2 Å². The Morgan fingerprint density at radius 2 is 1.79 bits per heavy atom. The van der Waals surface area contributed by atoms with E-state index in [0.29, 0.717) is 6.54 Å². The number of nitrogens with one attached hydrogen (secondary N) is 2. The van der Waals surface area contributed by atoms with E-state index in [2.05, 4.69) is 35.4 Å². The number of carbonyl (C=O) groups is 1. The minimum atomic E-state index is -0.420. The van der Waals surface area contributed by atoms with Crippen LogP contribution in [0, 0.1) is 13.8 Å². The van der Waals surface area contributed by atoms with E-state index < -0.39 is 6.04 Å². The zero-order valence-corrected chi connectivity index (χ0v) is 18.0. The number of benzene rings is 2. The van der Waals surface area contributed by atoms with Crippen LogP contribution in [0.3, 0.4) is 0 Å². The molecule has 2 aromatic rings. The van der Waals surface area contributed by atoms with Gasteiger partial charge in [0.05, 0.1) is 13.2 Å². The Morgan fingerprint density at radius 3 is 2.48 bits per heavy atom. The molecule has 0 spiro atoms. The maximum Gasteiger partial charge on any atom is 0.246 e. The smallest absolute Gasteiger partial charge is 0.246 e. The van der Waals surface area contributed by atoms with Gasteiger partial charge in [0.1, 0.15) is 6.04 Å². The predicted octanol–water partition coefficient (Wildman–Crippen LogP) is 3.68. The van der Waals surface area contributed by atoms with Crippen LogP contribution in [0.5, 0.6) is 0 Å². The highest BCUT2D eigenvalue weighted by molar-refractivity contribution is 5.96. The molecule has 2 N–H and O–H groups in total. The molecule has 0 radical (unpaired) electrons. The van der Waals surface area contributed by atoms with Crippen molar-refractivity contribution in [3.8, 4) is 0 Å². The van der Waals surface area contributed by atoms with E-state index in [4.69, 9.17) is 4.74 Å². The number of anilines is 1. The first-order chi connectivity index (χ1) is 13.9. The lowest BCUT2D eigenvalue weighted by Gasteiger charge is -2.41. The van der Waals surface area contributed by atoms with Crippen LogP contribution in [0.25, 0.3) is 0 Å². The average molecular weight is 396 g/mol. The van der Waals surface area contributed by atoms with Gasteiger partial charge in [-0.15, -0.1) is 0 Å². The number of ether oxygens (including phenoxy) is 1. The molecule has 0 aromatic heterocycles. The third-order valence-corrected chi connectivity index (χ3v) is 5.65. The third kappa shape index (κ3) is 5.66. The van der Waals surface area contributed by atoms with E-state index >= 15 is 0 Å². The molecule has 1 saturated heterocycles. The number of carbonyl (C=O) groups excluding carboxylic acids is 1. The van der Waals surface area contributed by atoms with Crippen LogP contribution in [-0.2, 0) is 9.53 Å². The Balaban J connectivity index is 1.76. The largest absolute Gasteiger partial charge is 0.379 e. The summed E-state index contributed by atoms with van der Waals surface area (Å²) in [5.41, 5.74) is 3.95. The molecular weight excluding hydrogens is 362 g/mol. The summed E-state index contributed by atoms with van der Waals surface area (Å²) in [7, 11) is 0. The Kier molecular flexibility index (Phi) is 7.06. The summed E-state index contributed by atoms with van der Waals surface area (Å²) < 4.78 is 5.49. The summed E-state index contributed by atoms with van der Waals surface area (Å²) in [5, 5.41) is 6.66. The average Bonchev–Trinajstić information content (AvgIpc) is 2.72. The molecule has 1 heterocycles. The molecule has 1 fully saturated rings. The van der Waals surface area contributed by atoms with Crippen molar-refractivity contribution in [2.45, 2.75) is 39.3 Å². The predicted molar refractivity (Wildman–Crippen MR) is 118 cm³/mol. The summed E-state index contributed by atoms with van der Waals surface area (Å²) in [6.45, 7) is 12.5. The van der Waals surface area contributed by atoms with Gasteiger partial charge in [-0.2, -0.15) is 0 Å². The van der Waals surface area contributed by atoms with E-state index in [-0.39, 0.29) is 11.4 Å². The van der Waals surface area contributed by atoms with Crippen molar-refractivity contribution in [3.05, 3.63) is 65.2 Å². The fourth-order valence-corrected chi connectivity index (χ4v) is 3.72. The van der Waals surface area contributed by atoms with Crippen molar-refractivity contribution in [1.82, 2.24) is 10.2 Å². The van der Waals surface area contributed by atoms with Crippen molar-refractivity contribution in [1.29, 1.82) is 0 Å². The minimum absolute atomic E-state index is 0.0392. The van der Waals surface area contributed by atoms with E-state index in [1.54, 1.807) is 0 Å². The van der Waals surface area contributed by atoms with E-state index in [0.717, 1.165) is 48.7 Å². The molecule has 5 nitrogen and oxygen atoms in total. The van der Waals surface area contributed by atoms with Crippen molar-refractivity contribution in [2.75, 3.05) is 38.2 Å². The fourth-order valence-electron chi connectivity index (χ4n) is 3.72. The van der Waals surface area contributed by atoms with Crippen LogP contribution < -0.4 is 10.6 Å². The zero-order valence-electron chi connectivity index (χ0n) is 18.0. The summed E-state index contributed by atoms with van der Waals surface area (Å²) in [6.07, 6.45) is 0. The number of hydrogen-bond donors (Lipinski definition) is 2. The second kappa shape index (κ2) is 9.53. The van der Waals surface area contributed by atoms with Crippen molar-refractivity contribution < 1.29 is 9.53 Å². The second-order valence-corrected chi connectivity index (χ2v) is 8.44. The quantitative estimate of drug-likeness (QED) is 0.751. The van der Waals surface area contributed by atoms with Crippen LogP contribution in [0.2, 0.25) is 0 Å². The molecule has 3 rings (SSSR count). The van der Waals surface area contributed by atoms with Crippen LogP contribution in [0.4, 0.5) is 5.69 Å². The van der Waals surface area contributed by atoms with Gasteiger partial charge in [-0.1, -0.05) is 42.5 Å². The van der Waals surface area contributed by atoms with Crippen molar-refractivity contribution in [2.24, 2.45) is 0 Å². The van der Waals surface area contributed by atoms with Gasteiger partial charge in [-0.25, -0.2) is 0 Å². The molecule has 156 valence electrons. The minimum Gasteiger partial charge on any atom is -0.379 e. The molecule has 0 saturated carbocycles. The zero-order chi connectivity index (χ0) is 20.9. The Bertz CT molecular complexity index is 814. The summed E-state index contributed by atoms with van der Waals surface area (Å²) in [5.74, 6) is -0.0392. The molecule has 29 heavy (non-hydrogen) atoms. The first kappa shape index (κ1) is 21.5. The Hall–Kier alpha value is -2.21. The number of rotatable bonds is 7. The molecule has 0 unspecified atom stereocenters. The standard InChI is InChI=1S/C24H33N3O2/c1-18-10-11-19(2)21(16-18)26-23(28)22(20-8-6-5-7-9-20)25-17-24(3,4)27-12-14-29-15-13-27/h5-11,16,22,25H,12-15,17H2,1-4H3,(H,26,28)/t22-/m0/s1. The lowest BCUT2D eigenvalue weighted by molar-refractivity contribution is -0.118. The first-order valence-corrected chi connectivity index (χ1v) is 10.4. The van der Waals surface area contributed by atoms with Gasteiger partial charge in [0.25, 0.3) is 0 Å². The maximum absolute atomic E-state index is 13.3. The molecule has 1 amide bonds. The lowest BCUT2D eigenvalue weighted by atomic mass is 9.99. The van der Waals surface area contributed by atoms with Gasteiger partial charge >= 0.3 is 0 Å². The third-order valence-electron chi connectivity index (χ3n) is 5.65. The number of nitrogens with zero attached hydrogens (tertiary/aromatic N) is 1. The van der Waals surface area contributed by atoms with Crippen molar-refractivity contribution in [3.63, 3.8) is 0 Å². The van der Waals surface area contributed by atoms with Gasteiger partial charge in [-0.05, 0) is 50.5 Å². The monoisotopic (exact) mass is 395 g/mol. The molecule has 0 aliphatic carbocycles. The highest BCUT2D eigenvalue weighted by atomic mass is 16.5. The number of morpholine rings is 1. The topological polar surface area (TPSA) is 53.6 Å². The molecule has 1 aliphatic rings. The lowest BCUT2D eigenvalue weighted by Crippen LogP contribution is -2.55. The normalized spacial score (nSPS) is 16.4. The van der Waals surface area contributed by atoms with Crippen LogP contribution >= 0.6 is 0 Å². The van der Waals surface area contributed by atoms with Crippen LogP contribution in [0.1, 0.15) is 36.6 Å². The Labute approximate surface area is 174 Å². The van der Waals surface area contributed by atoms with Crippen molar-refractivity contribution >= 4 is 11.6 Å². The molecule has 2 aromatic carbocycles. The summed E-state index contributed by atoms with van der Waals surface area (Å²) >= 11 is 0. The fraction of sp³-hybridized carbons (Fsp3) is 0.458. The number of amides is 1. The molecule has 0 bridgehead atoms. The molecule has 5 heteroatoms. The van der Waals surface area contributed by atoms with Gasteiger partial charge < -0.3 is 15.4 Å². The van der Waals surface area contributed by atoms with Crippen LogP contribution in [0.15, 0.2) is 48.5 Å². The summed E-state index contributed by atoms with van der Waals surface area (Å²) in [6, 6.07) is 15.6. The summed E-state index contributed by atoms with van der Waals surface area (Å²) in [4.78, 5) is 15.7. The maximum atomic E-state index is 13.3. The molecular formula is C24H33N3O2. The molecule has 1 aliphatic heterocycles. The SMILES string of the molecule is Cc1ccc(C)c(NC(=O)[C@@H](NCC(C)(C)N2CCOCC2)c2ccccc2)c1. The highest BCUT2D eigenvalue weighted by Gasteiger charge is 2.30. The van der Waals surface area contributed by atoms with Gasteiger partial charge in [0.2, 0.25) is 5.91 Å². The second-order valence-electron chi connectivity index (χ2n) is 8.44. The van der Waals surface area contributed by atoms with Gasteiger partial charge in [0, 0.05) is 30.9 Å². The number of hydrogen-bond acceptors (Lipinski definition) is 4. The van der Waals surface area contributed by atoms with E-state index in [1.165, 1.54) is 0 Å². The first-order valence-electron chi connectivity index (χ1n) is 10.4.